The number of ether oxygens (including phenoxy) is 3. The fourth-order valence-electron chi connectivity index (χ4n) is 4.97. The molecule has 2 N–H and O–H groups in total. The molecule has 0 radical (unpaired) electrons. The van der Waals surface area contributed by atoms with Gasteiger partial charge in [0.05, 0.1) is 27.2 Å². The van der Waals surface area contributed by atoms with Gasteiger partial charge in [-0.05, 0) is 60.3 Å². The molecule has 1 saturated heterocycles. The fourth-order valence-corrected chi connectivity index (χ4v) is 4.97. The predicted octanol–water partition coefficient (Wildman–Crippen LogP) is 3.18. The molecule has 6 heteroatoms. The third-order valence-electron chi connectivity index (χ3n) is 6.36. The van der Waals surface area contributed by atoms with Crippen molar-refractivity contribution in [2.24, 2.45) is 23.5 Å². The minimum absolute atomic E-state index is 0.186. The minimum atomic E-state index is -0.186. The number of rotatable bonds is 8. The highest BCUT2D eigenvalue weighted by Gasteiger charge is 2.39. The lowest BCUT2D eigenvalue weighted by Gasteiger charge is -2.47. The number of carbonyl (C=O) groups excluding carboxylic acids is 1. The van der Waals surface area contributed by atoms with E-state index in [2.05, 4.69) is 30.9 Å². The van der Waals surface area contributed by atoms with E-state index in [-0.39, 0.29) is 12.4 Å². The third-order valence-corrected chi connectivity index (χ3v) is 6.36. The van der Waals surface area contributed by atoms with Crippen molar-refractivity contribution in [3.63, 3.8) is 0 Å². The molecule has 3 rings (SSSR count). The largest absolute Gasteiger partial charge is 0.493 e. The second-order valence-electron chi connectivity index (χ2n) is 8.77. The molecule has 162 valence electrons. The number of hydrogen-bond donors (Lipinski definition) is 1. The Morgan fingerprint density at radius 3 is 2.59 bits per heavy atom. The Morgan fingerprint density at radius 1 is 1.21 bits per heavy atom. The van der Waals surface area contributed by atoms with Crippen LogP contribution in [0.25, 0.3) is 0 Å². The zero-order valence-electron chi connectivity index (χ0n) is 18.3. The standard InChI is InChI=1S/C23H36N2O4/c1-15(2)9-17-13-25-8-6-16-11-21(27-3)22(28-4)12-19(16)20(25)10-18(17)14-29-23(26)5-7-24/h11-12,15,17-18,20H,5-10,13-14,24H2,1-4H3/t17-,18+,20-/m1/s1. The van der Waals surface area contributed by atoms with Gasteiger partial charge < -0.3 is 19.9 Å². The molecule has 29 heavy (non-hydrogen) atoms. The summed E-state index contributed by atoms with van der Waals surface area (Å²) in [6, 6.07) is 4.60. The molecule has 0 saturated carbocycles. The highest BCUT2D eigenvalue weighted by Crippen LogP contribution is 2.45. The first kappa shape index (κ1) is 21.9. The van der Waals surface area contributed by atoms with Gasteiger partial charge in [-0.1, -0.05) is 13.8 Å². The number of benzene rings is 1. The smallest absolute Gasteiger partial charge is 0.307 e. The first-order valence-electron chi connectivity index (χ1n) is 10.8. The number of nitrogens with zero attached hydrogens (tertiary/aromatic N) is 1. The molecule has 0 spiro atoms. The molecule has 0 bridgehead atoms. The van der Waals surface area contributed by atoms with Crippen LogP contribution in [0.15, 0.2) is 12.1 Å². The van der Waals surface area contributed by atoms with Gasteiger partial charge in [0.2, 0.25) is 0 Å². The van der Waals surface area contributed by atoms with Crippen LogP contribution in [-0.4, -0.2) is 51.3 Å². The summed E-state index contributed by atoms with van der Waals surface area (Å²) in [6.45, 7) is 7.48. The Bertz CT molecular complexity index is 706. The molecule has 1 aromatic carbocycles. The molecule has 2 aliphatic heterocycles. The first-order valence-corrected chi connectivity index (χ1v) is 10.8. The number of hydrogen-bond acceptors (Lipinski definition) is 6. The zero-order chi connectivity index (χ0) is 21.0. The molecular formula is C23H36N2O4. The van der Waals surface area contributed by atoms with E-state index in [0.717, 1.165) is 43.9 Å². The summed E-state index contributed by atoms with van der Waals surface area (Å²) in [7, 11) is 3.37. The molecule has 0 unspecified atom stereocenters. The summed E-state index contributed by atoms with van der Waals surface area (Å²) in [6.07, 6.45) is 3.46. The highest BCUT2D eigenvalue weighted by atomic mass is 16.5. The van der Waals surface area contributed by atoms with E-state index in [0.29, 0.717) is 36.9 Å². The highest BCUT2D eigenvalue weighted by molar-refractivity contribution is 5.69. The van der Waals surface area contributed by atoms with Gasteiger partial charge >= 0.3 is 5.97 Å². The molecule has 6 nitrogen and oxygen atoms in total. The van der Waals surface area contributed by atoms with E-state index in [1.807, 2.05) is 0 Å². The summed E-state index contributed by atoms with van der Waals surface area (Å²) >= 11 is 0. The van der Waals surface area contributed by atoms with Crippen molar-refractivity contribution >= 4 is 5.97 Å². The number of esters is 1. The summed E-state index contributed by atoms with van der Waals surface area (Å²) in [5.74, 6) is 2.91. The number of nitrogens with two attached hydrogens (primary N) is 1. The normalized spacial score (nSPS) is 24.0. The molecule has 2 heterocycles. The van der Waals surface area contributed by atoms with Crippen LogP contribution in [0.1, 0.15) is 50.3 Å². The maximum atomic E-state index is 11.9. The number of carbonyl (C=O) groups is 1. The molecule has 1 aromatic rings. The number of methoxy groups -OCH3 is 2. The van der Waals surface area contributed by atoms with Crippen LogP contribution >= 0.6 is 0 Å². The van der Waals surface area contributed by atoms with Crippen molar-refractivity contribution in [2.45, 2.75) is 45.6 Å². The van der Waals surface area contributed by atoms with Crippen LogP contribution in [0.4, 0.5) is 0 Å². The topological polar surface area (TPSA) is 74.0 Å². The van der Waals surface area contributed by atoms with Crippen molar-refractivity contribution in [2.75, 3.05) is 40.5 Å². The van der Waals surface area contributed by atoms with Crippen molar-refractivity contribution in [1.82, 2.24) is 4.90 Å². The van der Waals surface area contributed by atoms with Gasteiger partial charge in [0.1, 0.15) is 0 Å². The van der Waals surface area contributed by atoms with Gasteiger partial charge in [-0.2, -0.15) is 0 Å². The van der Waals surface area contributed by atoms with Gasteiger partial charge in [-0.15, -0.1) is 0 Å². The minimum Gasteiger partial charge on any atom is -0.493 e. The van der Waals surface area contributed by atoms with E-state index in [1.54, 1.807) is 14.2 Å². The Kier molecular flexibility index (Phi) is 7.41. The third kappa shape index (κ3) is 5.04. The van der Waals surface area contributed by atoms with Crippen LogP contribution < -0.4 is 15.2 Å². The number of fused-ring (bicyclic) bond motifs is 3. The first-order chi connectivity index (χ1) is 14.0. The van der Waals surface area contributed by atoms with E-state index in [9.17, 15) is 4.79 Å². The molecule has 3 atom stereocenters. The Labute approximate surface area is 174 Å². The van der Waals surface area contributed by atoms with Gasteiger partial charge in [-0.3, -0.25) is 9.69 Å². The summed E-state index contributed by atoms with van der Waals surface area (Å²) in [5.41, 5.74) is 8.16. The molecule has 0 aromatic heterocycles. The summed E-state index contributed by atoms with van der Waals surface area (Å²) in [5, 5.41) is 0. The van der Waals surface area contributed by atoms with Crippen LogP contribution in [0.2, 0.25) is 0 Å². The maximum Gasteiger partial charge on any atom is 0.307 e. The van der Waals surface area contributed by atoms with Gasteiger partial charge in [0, 0.05) is 25.7 Å². The Morgan fingerprint density at radius 2 is 1.93 bits per heavy atom. The van der Waals surface area contributed by atoms with E-state index in [1.165, 1.54) is 11.1 Å². The fraction of sp³-hybridized carbons (Fsp3) is 0.696. The Balaban J connectivity index is 1.83. The molecule has 0 aliphatic carbocycles. The van der Waals surface area contributed by atoms with E-state index >= 15 is 0 Å². The second kappa shape index (κ2) is 9.81. The van der Waals surface area contributed by atoms with Crippen LogP contribution in [0, 0.1) is 17.8 Å². The average Bonchev–Trinajstić information content (AvgIpc) is 2.70. The molecule has 0 amide bonds. The molecule has 2 aliphatic rings. The maximum absolute atomic E-state index is 11.9. The van der Waals surface area contributed by atoms with E-state index < -0.39 is 0 Å². The lowest BCUT2D eigenvalue weighted by atomic mass is 9.74. The SMILES string of the molecule is COc1cc2c(cc1OC)[C@H]1C[C@@H](COC(=O)CCN)[C@H](CC(C)C)CN1CC2. The molecule has 1 fully saturated rings. The summed E-state index contributed by atoms with van der Waals surface area (Å²) < 4.78 is 16.7. The van der Waals surface area contributed by atoms with Crippen molar-refractivity contribution in [3.05, 3.63) is 23.3 Å². The zero-order valence-corrected chi connectivity index (χ0v) is 18.3. The van der Waals surface area contributed by atoms with Crippen LogP contribution in [-0.2, 0) is 16.0 Å². The van der Waals surface area contributed by atoms with Gasteiger partial charge in [0.15, 0.2) is 11.5 Å². The van der Waals surface area contributed by atoms with Gasteiger partial charge in [0.25, 0.3) is 0 Å². The van der Waals surface area contributed by atoms with Crippen LogP contribution in [0.3, 0.4) is 0 Å². The molecular weight excluding hydrogens is 368 g/mol. The van der Waals surface area contributed by atoms with Crippen molar-refractivity contribution in [1.29, 1.82) is 0 Å². The predicted molar refractivity (Wildman–Crippen MR) is 113 cm³/mol. The van der Waals surface area contributed by atoms with Crippen LogP contribution in [0.5, 0.6) is 11.5 Å². The van der Waals surface area contributed by atoms with Gasteiger partial charge in [-0.25, -0.2) is 0 Å². The second-order valence-corrected chi connectivity index (χ2v) is 8.77. The average molecular weight is 405 g/mol. The quantitative estimate of drug-likeness (QED) is 0.671. The van der Waals surface area contributed by atoms with Crippen molar-refractivity contribution < 1.29 is 19.0 Å². The monoisotopic (exact) mass is 404 g/mol. The summed E-state index contributed by atoms with van der Waals surface area (Å²) in [4.78, 5) is 14.5. The van der Waals surface area contributed by atoms with Crippen molar-refractivity contribution in [3.8, 4) is 11.5 Å². The number of piperidine rings is 1. The Hall–Kier alpha value is -1.79. The lowest BCUT2D eigenvalue weighted by Crippen LogP contribution is -2.47. The lowest BCUT2D eigenvalue weighted by molar-refractivity contribution is -0.146. The van der Waals surface area contributed by atoms with E-state index in [4.69, 9.17) is 19.9 Å².